The number of nitrogens with one attached hydrogen (secondary N) is 1. The van der Waals surface area contributed by atoms with E-state index in [9.17, 15) is 13.2 Å². The fraction of sp³-hybridized carbons (Fsp3) is 0.455. The minimum Gasteiger partial charge on any atom is -0.356 e. The Labute approximate surface area is 181 Å². The van der Waals surface area contributed by atoms with E-state index >= 15 is 0 Å². The molecule has 2 fully saturated rings. The third-order valence-corrected chi connectivity index (χ3v) is 8.33. The summed E-state index contributed by atoms with van der Waals surface area (Å²) >= 11 is 0. The number of rotatable bonds is 4. The highest BCUT2D eigenvalue weighted by atomic mass is 32.2. The zero-order valence-corrected chi connectivity index (χ0v) is 18.2. The number of piperidine rings is 2. The summed E-state index contributed by atoms with van der Waals surface area (Å²) in [6.07, 6.45) is 6.06. The Balaban J connectivity index is 1.29. The molecule has 0 radical (unpaired) electrons. The Morgan fingerprint density at radius 3 is 2.39 bits per heavy atom. The van der Waals surface area contributed by atoms with Crippen LogP contribution in [0.2, 0.25) is 0 Å². The highest BCUT2D eigenvalue weighted by molar-refractivity contribution is 7.89. The van der Waals surface area contributed by atoms with Crippen LogP contribution >= 0.6 is 0 Å². The van der Waals surface area contributed by atoms with Crippen LogP contribution in [0.15, 0.2) is 52.3 Å². The van der Waals surface area contributed by atoms with E-state index < -0.39 is 10.0 Å². The molecule has 2 saturated heterocycles. The average molecular weight is 442 g/mol. The number of benzene rings is 1. The molecule has 0 unspecified atom stereocenters. The number of fused-ring (bicyclic) bond motifs is 1. The van der Waals surface area contributed by atoms with Gasteiger partial charge in [-0.3, -0.25) is 4.57 Å². The number of sulfonamides is 1. The van der Waals surface area contributed by atoms with Gasteiger partial charge < -0.3 is 9.88 Å². The van der Waals surface area contributed by atoms with Crippen LogP contribution in [0.3, 0.4) is 0 Å². The molecule has 0 atom stereocenters. The van der Waals surface area contributed by atoms with Gasteiger partial charge in [0.15, 0.2) is 0 Å². The van der Waals surface area contributed by atoms with E-state index in [1.807, 2.05) is 28.8 Å². The van der Waals surface area contributed by atoms with Crippen LogP contribution in [-0.4, -0.2) is 53.4 Å². The van der Waals surface area contributed by atoms with E-state index in [-0.39, 0.29) is 16.6 Å². The first-order valence-corrected chi connectivity index (χ1v) is 12.4. The third kappa shape index (κ3) is 3.76. The number of para-hydroxylation sites is 2. The topological polar surface area (TPSA) is 91.3 Å². The Hall–Kier alpha value is -2.65. The maximum Gasteiger partial charge on any atom is 0.326 e. The molecule has 3 aromatic rings. The van der Waals surface area contributed by atoms with Crippen molar-refractivity contribution >= 4 is 26.9 Å². The summed E-state index contributed by atoms with van der Waals surface area (Å²) in [7, 11) is -3.46. The zero-order valence-electron chi connectivity index (χ0n) is 17.4. The van der Waals surface area contributed by atoms with Crippen molar-refractivity contribution in [3.05, 3.63) is 53.1 Å². The monoisotopic (exact) mass is 441 g/mol. The van der Waals surface area contributed by atoms with E-state index in [0.29, 0.717) is 13.1 Å². The SMILES string of the molecule is O=c1[nH]c2ccccc2n1C1CCN(c2ccc(S(=O)(=O)N3CCCCC3)cn2)CC1. The number of hydrogen-bond acceptors (Lipinski definition) is 5. The summed E-state index contributed by atoms with van der Waals surface area (Å²) in [6, 6.07) is 11.4. The molecule has 1 aromatic carbocycles. The molecule has 1 N–H and O–H groups in total. The molecule has 5 rings (SSSR count). The van der Waals surface area contributed by atoms with Gasteiger partial charge in [0.05, 0.1) is 11.0 Å². The summed E-state index contributed by atoms with van der Waals surface area (Å²) in [4.78, 5) is 22.3. The number of hydrogen-bond donors (Lipinski definition) is 1. The molecule has 0 spiro atoms. The summed E-state index contributed by atoms with van der Waals surface area (Å²) in [5.41, 5.74) is 1.74. The van der Waals surface area contributed by atoms with Crippen molar-refractivity contribution in [2.24, 2.45) is 0 Å². The van der Waals surface area contributed by atoms with E-state index in [4.69, 9.17) is 0 Å². The smallest absolute Gasteiger partial charge is 0.326 e. The Morgan fingerprint density at radius 1 is 0.935 bits per heavy atom. The van der Waals surface area contributed by atoms with E-state index in [2.05, 4.69) is 14.9 Å². The van der Waals surface area contributed by atoms with Gasteiger partial charge in [0.2, 0.25) is 10.0 Å². The van der Waals surface area contributed by atoms with Crippen molar-refractivity contribution in [3.63, 3.8) is 0 Å². The second-order valence-corrected chi connectivity index (χ2v) is 10.3. The molecule has 0 bridgehead atoms. The van der Waals surface area contributed by atoms with Crippen LogP contribution in [0.1, 0.15) is 38.1 Å². The molecule has 164 valence electrons. The molecule has 4 heterocycles. The number of anilines is 1. The van der Waals surface area contributed by atoms with Crippen LogP contribution < -0.4 is 10.6 Å². The first-order valence-electron chi connectivity index (χ1n) is 10.9. The van der Waals surface area contributed by atoms with Gasteiger partial charge in [0.1, 0.15) is 10.7 Å². The highest BCUT2D eigenvalue weighted by Crippen LogP contribution is 2.28. The Bertz CT molecular complexity index is 1220. The van der Waals surface area contributed by atoms with Gasteiger partial charge in [-0.15, -0.1) is 0 Å². The fourth-order valence-electron chi connectivity index (χ4n) is 4.76. The number of aromatic nitrogens is 3. The Morgan fingerprint density at radius 2 is 1.68 bits per heavy atom. The van der Waals surface area contributed by atoms with Crippen LogP contribution in [0, 0.1) is 0 Å². The van der Waals surface area contributed by atoms with Gasteiger partial charge >= 0.3 is 5.69 Å². The minimum absolute atomic E-state index is 0.0648. The molecule has 0 aliphatic carbocycles. The number of imidazole rings is 1. The van der Waals surface area contributed by atoms with Crippen LogP contribution in [0.25, 0.3) is 11.0 Å². The van der Waals surface area contributed by atoms with Gasteiger partial charge in [-0.25, -0.2) is 18.2 Å². The summed E-state index contributed by atoms with van der Waals surface area (Å²) in [5, 5.41) is 0. The molecule has 8 nitrogen and oxygen atoms in total. The standard InChI is InChI=1S/C22H27N5O3S/c28-22-24-19-6-2-3-7-20(19)27(22)17-10-14-25(15-11-17)21-9-8-18(16-23-21)31(29,30)26-12-4-1-5-13-26/h2-3,6-9,16-17H,1,4-5,10-15H2,(H,24,28). The molecular weight excluding hydrogens is 414 g/mol. The van der Waals surface area contributed by atoms with Crippen LogP contribution in [0.5, 0.6) is 0 Å². The summed E-state index contributed by atoms with van der Waals surface area (Å²) < 4.78 is 29.1. The lowest BCUT2D eigenvalue weighted by Crippen LogP contribution is -2.37. The van der Waals surface area contributed by atoms with E-state index in [1.54, 1.807) is 16.4 Å². The highest BCUT2D eigenvalue weighted by Gasteiger charge is 2.27. The lowest BCUT2D eigenvalue weighted by Gasteiger charge is -2.33. The molecule has 2 aliphatic rings. The molecular formula is C22H27N5O3S. The molecule has 0 amide bonds. The molecule has 2 aromatic heterocycles. The minimum atomic E-state index is -3.46. The van der Waals surface area contributed by atoms with Gasteiger partial charge in [-0.2, -0.15) is 4.31 Å². The quantitative estimate of drug-likeness (QED) is 0.672. The first kappa shape index (κ1) is 20.3. The maximum atomic E-state index is 12.8. The molecule has 0 saturated carbocycles. The molecule has 9 heteroatoms. The van der Waals surface area contributed by atoms with Crippen molar-refractivity contribution in [2.45, 2.75) is 43.0 Å². The van der Waals surface area contributed by atoms with Crippen molar-refractivity contribution in [1.29, 1.82) is 0 Å². The predicted octanol–water partition coefficient (Wildman–Crippen LogP) is 2.74. The van der Waals surface area contributed by atoms with E-state index in [0.717, 1.165) is 62.0 Å². The fourth-order valence-corrected chi connectivity index (χ4v) is 6.22. The summed E-state index contributed by atoms with van der Waals surface area (Å²) in [6.45, 7) is 2.71. The second-order valence-electron chi connectivity index (χ2n) is 8.35. The molecule has 31 heavy (non-hydrogen) atoms. The Kier molecular flexibility index (Phi) is 5.31. The normalized spacial score (nSPS) is 19.2. The number of pyridine rings is 1. The van der Waals surface area contributed by atoms with Crippen molar-refractivity contribution in [2.75, 3.05) is 31.1 Å². The predicted molar refractivity (Wildman–Crippen MR) is 120 cm³/mol. The number of aromatic amines is 1. The number of H-pyrrole nitrogens is 1. The lowest BCUT2D eigenvalue weighted by atomic mass is 10.0. The van der Waals surface area contributed by atoms with Gasteiger partial charge in [0, 0.05) is 38.4 Å². The van der Waals surface area contributed by atoms with Crippen LogP contribution in [0.4, 0.5) is 5.82 Å². The average Bonchev–Trinajstić information content (AvgIpc) is 3.15. The largest absolute Gasteiger partial charge is 0.356 e. The first-order chi connectivity index (χ1) is 15.0. The second kappa shape index (κ2) is 8.12. The van der Waals surface area contributed by atoms with Gasteiger partial charge in [-0.05, 0) is 49.9 Å². The molecule has 2 aliphatic heterocycles. The maximum absolute atomic E-state index is 12.8. The lowest BCUT2D eigenvalue weighted by molar-refractivity contribution is 0.346. The summed E-state index contributed by atoms with van der Waals surface area (Å²) in [5.74, 6) is 0.780. The van der Waals surface area contributed by atoms with Gasteiger partial charge in [0.25, 0.3) is 0 Å². The van der Waals surface area contributed by atoms with Crippen LogP contribution in [-0.2, 0) is 10.0 Å². The van der Waals surface area contributed by atoms with Crippen molar-refractivity contribution in [3.8, 4) is 0 Å². The zero-order chi connectivity index (χ0) is 21.4. The third-order valence-electron chi connectivity index (χ3n) is 6.45. The van der Waals surface area contributed by atoms with E-state index in [1.165, 1.54) is 6.20 Å². The van der Waals surface area contributed by atoms with Crippen molar-refractivity contribution < 1.29 is 8.42 Å². The van der Waals surface area contributed by atoms with Crippen molar-refractivity contribution in [1.82, 2.24) is 18.8 Å². The number of nitrogens with zero attached hydrogens (tertiary/aromatic N) is 4. The van der Waals surface area contributed by atoms with Gasteiger partial charge in [-0.1, -0.05) is 18.6 Å².